The fraction of sp³-hybridized carbons (Fsp3) is 0.619. The summed E-state index contributed by atoms with van der Waals surface area (Å²) in [5.74, 6) is -0.244. The van der Waals surface area contributed by atoms with Crippen LogP contribution in [0.3, 0.4) is 0 Å². The van der Waals surface area contributed by atoms with Crippen LogP contribution in [0, 0.1) is 11.2 Å². The second-order valence-electron chi connectivity index (χ2n) is 7.46. The van der Waals surface area contributed by atoms with Gasteiger partial charge < -0.3 is 9.64 Å². The molecule has 26 heavy (non-hydrogen) atoms. The van der Waals surface area contributed by atoms with Crippen molar-refractivity contribution >= 4 is 11.9 Å². The number of ether oxygens (including phenoxy) is 1. The van der Waals surface area contributed by atoms with Gasteiger partial charge in [-0.25, -0.2) is 4.39 Å². The van der Waals surface area contributed by atoms with E-state index in [0.29, 0.717) is 19.4 Å². The number of benzene rings is 1. The van der Waals surface area contributed by atoms with Crippen molar-refractivity contribution in [2.45, 2.75) is 70.9 Å². The minimum absolute atomic E-state index is 0.0186. The fourth-order valence-electron chi connectivity index (χ4n) is 4.80. The Morgan fingerprint density at radius 2 is 1.96 bits per heavy atom. The predicted octanol–water partition coefficient (Wildman–Crippen LogP) is 3.87. The summed E-state index contributed by atoms with van der Waals surface area (Å²) in [5.41, 5.74) is 0.518. The van der Waals surface area contributed by atoms with Gasteiger partial charge in [0.05, 0.1) is 12.0 Å². The van der Waals surface area contributed by atoms with Crippen LogP contribution in [0.2, 0.25) is 0 Å². The molecule has 1 aromatic carbocycles. The first-order valence-corrected chi connectivity index (χ1v) is 9.74. The number of aryl methyl sites for hydroxylation is 1. The molecule has 2 aliphatic heterocycles. The van der Waals surface area contributed by atoms with Crippen LogP contribution in [0.25, 0.3) is 0 Å². The van der Waals surface area contributed by atoms with Crippen LogP contribution >= 0.6 is 0 Å². The van der Waals surface area contributed by atoms with E-state index in [2.05, 4.69) is 0 Å². The Labute approximate surface area is 154 Å². The summed E-state index contributed by atoms with van der Waals surface area (Å²) in [5, 5.41) is 0. The van der Waals surface area contributed by atoms with Gasteiger partial charge in [0.25, 0.3) is 0 Å². The molecule has 3 rings (SSSR count). The highest BCUT2D eigenvalue weighted by Gasteiger charge is 2.60. The molecule has 2 saturated heterocycles. The average molecular weight is 361 g/mol. The first kappa shape index (κ1) is 18.9. The van der Waals surface area contributed by atoms with Crippen molar-refractivity contribution in [2.75, 3.05) is 6.61 Å². The number of rotatable bonds is 7. The van der Waals surface area contributed by atoms with Crippen LogP contribution < -0.4 is 0 Å². The van der Waals surface area contributed by atoms with Crippen molar-refractivity contribution in [3.05, 3.63) is 35.6 Å². The van der Waals surface area contributed by atoms with Gasteiger partial charge in [0.2, 0.25) is 5.91 Å². The molecule has 0 saturated carbocycles. The number of amides is 1. The third kappa shape index (κ3) is 3.36. The zero-order valence-electron chi connectivity index (χ0n) is 15.7. The van der Waals surface area contributed by atoms with E-state index in [9.17, 15) is 14.0 Å². The van der Waals surface area contributed by atoms with Crippen molar-refractivity contribution in [3.63, 3.8) is 0 Å². The number of carbonyl (C=O) groups excluding carboxylic acids is 2. The Hall–Kier alpha value is -1.91. The highest BCUT2D eigenvalue weighted by Crippen LogP contribution is 2.52. The lowest BCUT2D eigenvalue weighted by atomic mass is 9.72. The molecule has 0 unspecified atom stereocenters. The maximum atomic E-state index is 13.0. The lowest BCUT2D eigenvalue weighted by Gasteiger charge is -2.34. The summed E-state index contributed by atoms with van der Waals surface area (Å²) in [6, 6.07) is 6.59. The number of halogens is 1. The zero-order valence-corrected chi connectivity index (χ0v) is 15.7. The SMILES string of the molecule is CCOC(=O)[C@@]1(CC)C[C@H]2CC[C@@H]1N2C(=O)CCCc1ccc(F)cc1. The van der Waals surface area contributed by atoms with E-state index >= 15 is 0 Å². The van der Waals surface area contributed by atoms with Crippen LogP contribution in [0.4, 0.5) is 4.39 Å². The standard InChI is InChI=1S/C21H28FNO3/c1-3-21(20(25)26-4-2)14-17-12-13-18(21)23(17)19(24)7-5-6-15-8-10-16(22)11-9-15/h8-11,17-18H,3-7,12-14H2,1-2H3/t17-,18+,21+/m1/s1. The molecule has 0 spiro atoms. The van der Waals surface area contributed by atoms with Crippen molar-refractivity contribution in [1.29, 1.82) is 0 Å². The van der Waals surface area contributed by atoms with E-state index in [1.165, 1.54) is 12.1 Å². The van der Waals surface area contributed by atoms with Crippen molar-refractivity contribution in [1.82, 2.24) is 4.90 Å². The van der Waals surface area contributed by atoms with Gasteiger partial charge in [-0.05, 0) is 63.1 Å². The van der Waals surface area contributed by atoms with Gasteiger partial charge in [0, 0.05) is 18.5 Å². The molecular weight excluding hydrogens is 333 g/mol. The van der Waals surface area contributed by atoms with Gasteiger partial charge in [-0.15, -0.1) is 0 Å². The number of fused-ring (bicyclic) bond motifs is 2. The Kier molecular flexibility index (Phi) is 5.64. The molecule has 0 radical (unpaired) electrons. The third-order valence-electron chi connectivity index (χ3n) is 6.11. The summed E-state index contributed by atoms with van der Waals surface area (Å²) in [7, 11) is 0. The summed E-state index contributed by atoms with van der Waals surface area (Å²) < 4.78 is 18.3. The maximum absolute atomic E-state index is 13.0. The molecule has 4 nitrogen and oxygen atoms in total. The molecule has 2 aliphatic rings. The Morgan fingerprint density at radius 1 is 1.23 bits per heavy atom. The fourth-order valence-corrected chi connectivity index (χ4v) is 4.80. The van der Waals surface area contributed by atoms with Crippen molar-refractivity contribution in [3.8, 4) is 0 Å². The predicted molar refractivity (Wildman–Crippen MR) is 97.0 cm³/mol. The van der Waals surface area contributed by atoms with Crippen LogP contribution in [-0.2, 0) is 20.7 Å². The Morgan fingerprint density at radius 3 is 2.62 bits per heavy atom. The second-order valence-corrected chi connectivity index (χ2v) is 7.46. The largest absolute Gasteiger partial charge is 0.466 e. The highest BCUT2D eigenvalue weighted by molar-refractivity contribution is 5.83. The molecule has 2 bridgehead atoms. The summed E-state index contributed by atoms with van der Waals surface area (Å²) in [6.45, 7) is 4.23. The number of carbonyl (C=O) groups is 2. The molecule has 2 fully saturated rings. The number of esters is 1. The minimum atomic E-state index is -0.522. The maximum Gasteiger partial charge on any atom is 0.314 e. The zero-order chi connectivity index (χ0) is 18.7. The molecule has 0 aromatic heterocycles. The van der Waals surface area contributed by atoms with E-state index < -0.39 is 5.41 Å². The highest BCUT2D eigenvalue weighted by atomic mass is 19.1. The quantitative estimate of drug-likeness (QED) is 0.693. The topological polar surface area (TPSA) is 46.6 Å². The molecule has 142 valence electrons. The summed E-state index contributed by atoms with van der Waals surface area (Å²) in [6.07, 6.45) is 5.28. The molecule has 0 N–H and O–H groups in total. The molecule has 3 atom stereocenters. The lowest BCUT2D eigenvalue weighted by molar-refractivity contribution is -0.158. The van der Waals surface area contributed by atoms with Crippen LogP contribution in [0.1, 0.15) is 57.9 Å². The normalized spacial score (nSPS) is 27.0. The average Bonchev–Trinajstić information content (AvgIpc) is 3.20. The van der Waals surface area contributed by atoms with E-state index in [1.807, 2.05) is 18.7 Å². The van der Waals surface area contributed by atoms with E-state index in [4.69, 9.17) is 4.74 Å². The first-order valence-electron chi connectivity index (χ1n) is 9.74. The van der Waals surface area contributed by atoms with Gasteiger partial charge in [0.15, 0.2) is 0 Å². The first-order chi connectivity index (χ1) is 12.5. The molecule has 1 amide bonds. The van der Waals surface area contributed by atoms with E-state index in [0.717, 1.165) is 37.7 Å². The van der Waals surface area contributed by atoms with Gasteiger partial charge in [-0.1, -0.05) is 19.1 Å². The lowest BCUT2D eigenvalue weighted by Crippen LogP contribution is -2.45. The third-order valence-corrected chi connectivity index (χ3v) is 6.11. The van der Waals surface area contributed by atoms with Gasteiger partial charge in [0.1, 0.15) is 5.82 Å². The van der Waals surface area contributed by atoms with E-state index in [-0.39, 0.29) is 29.8 Å². The second kappa shape index (κ2) is 7.77. The molecular formula is C21H28FNO3. The smallest absolute Gasteiger partial charge is 0.314 e. The van der Waals surface area contributed by atoms with Crippen molar-refractivity contribution in [2.24, 2.45) is 5.41 Å². The van der Waals surface area contributed by atoms with Crippen LogP contribution in [0.15, 0.2) is 24.3 Å². The molecule has 2 heterocycles. The van der Waals surface area contributed by atoms with Gasteiger partial charge >= 0.3 is 5.97 Å². The van der Waals surface area contributed by atoms with Crippen LogP contribution in [-0.4, -0.2) is 35.5 Å². The Bertz CT molecular complexity index is 660. The monoisotopic (exact) mass is 361 g/mol. The molecule has 5 heteroatoms. The molecule has 0 aliphatic carbocycles. The van der Waals surface area contributed by atoms with Gasteiger partial charge in [-0.2, -0.15) is 0 Å². The van der Waals surface area contributed by atoms with E-state index in [1.54, 1.807) is 12.1 Å². The summed E-state index contributed by atoms with van der Waals surface area (Å²) >= 11 is 0. The summed E-state index contributed by atoms with van der Waals surface area (Å²) in [4.78, 5) is 27.4. The minimum Gasteiger partial charge on any atom is -0.466 e. The van der Waals surface area contributed by atoms with Crippen molar-refractivity contribution < 1.29 is 18.7 Å². The van der Waals surface area contributed by atoms with Crippen LogP contribution in [0.5, 0.6) is 0 Å². The Balaban J connectivity index is 1.61. The number of nitrogens with zero attached hydrogens (tertiary/aromatic N) is 1. The molecule has 1 aromatic rings. The van der Waals surface area contributed by atoms with Gasteiger partial charge in [-0.3, -0.25) is 9.59 Å². The number of hydrogen-bond acceptors (Lipinski definition) is 3. The number of hydrogen-bond donors (Lipinski definition) is 0.